The van der Waals surface area contributed by atoms with Crippen molar-refractivity contribution in [3.05, 3.63) is 119 Å². The van der Waals surface area contributed by atoms with Gasteiger partial charge in [0.25, 0.3) is 0 Å². The molecule has 118 valence electrons. The van der Waals surface area contributed by atoms with E-state index in [2.05, 4.69) is 35.5 Å². The molecule has 3 aromatic carbocycles. The second kappa shape index (κ2) is 8.13. The highest BCUT2D eigenvalue weighted by molar-refractivity contribution is 5.58. The van der Waals surface area contributed by atoms with E-state index in [4.69, 9.17) is 12.8 Å². The fourth-order valence-electron chi connectivity index (χ4n) is 2.37. The largest absolute Gasteiger partial charge is 0.366 e. The molecule has 3 rings (SSSR count). The van der Waals surface area contributed by atoms with Gasteiger partial charge in [0.1, 0.15) is 0 Å². The monoisotopic (exact) mass is 324 g/mol. The maximum absolute atomic E-state index is 7.35. The van der Waals surface area contributed by atoms with E-state index >= 15 is 0 Å². The van der Waals surface area contributed by atoms with Crippen LogP contribution in [0.25, 0.3) is 0 Å². The summed E-state index contributed by atoms with van der Waals surface area (Å²) in [7, 11) is 0. The quantitative estimate of drug-likeness (QED) is 0.426. The fraction of sp³-hybridized carbons (Fsp3) is 0. The first-order chi connectivity index (χ1) is 12.8. The molecule has 0 aromatic heterocycles. The molecular formula is C26H12-2. The van der Waals surface area contributed by atoms with Gasteiger partial charge < -0.3 is 12.8 Å². The summed E-state index contributed by atoms with van der Waals surface area (Å²) in [5.41, 5.74) is 4.48. The Morgan fingerprint density at radius 1 is 0.385 bits per heavy atom. The summed E-state index contributed by atoms with van der Waals surface area (Å²) in [6, 6.07) is 22.5. The van der Waals surface area contributed by atoms with Crippen molar-refractivity contribution in [2.24, 2.45) is 0 Å². The number of benzene rings is 3. The van der Waals surface area contributed by atoms with Crippen LogP contribution in [-0.2, 0) is 0 Å². The predicted octanol–water partition coefficient (Wildman–Crippen LogP) is 4.36. The molecule has 26 heavy (non-hydrogen) atoms. The molecule has 0 saturated carbocycles. The van der Waals surface area contributed by atoms with Gasteiger partial charge in [0.05, 0.1) is 0 Å². The summed E-state index contributed by atoms with van der Waals surface area (Å²) in [4.78, 5) is 0. The van der Waals surface area contributed by atoms with Crippen LogP contribution in [-0.4, -0.2) is 0 Å². The fourth-order valence-corrected chi connectivity index (χ4v) is 2.37. The molecule has 0 atom stereocenters. The van der Waals surface area contributed by atoms with Gasteiger partial charge >= 0.3 is 0 Å². The average molecular weight is 324 g/mol. The Morgan fingerprint density at radius 2 is 0.615 bits per heavy atom. The molecular weight excluding hydrogens is 312 g/mol. The highest BCUT2D eigenvalue weighted by Gasteiger charge is 1.95. The lowest BCUT2D eigenvalue weighted by atomic mass is 10.0. The topological polar surface area (TPSA) is 0 Å². The third-order valence-electron chi connectivity index (χ3n) is 3.71. The summed E-state index contributed by atoms with van der Waals surface area (Å²) in [5.74, 6) is 17.3. The van der Waals surface area contributed by atoms with Crippen molar-refractivity contribution >= 4 is 0 Å². The maximum Gasteiger partial charge on any atom is 0.0405 e. The van der Waals surface area contributed by atoms with E-state index in [0.29, 0.717) is 11.1 Å². The lowest BCUT2D eigenvalue weighted by Gasteiger charge is -2.04. The van der Waals surface area contributed by atoms with Gasteiger partial charge in [-0.1, -0.05) is 72.2 Å². The van der Waals surface area contributed by atoms with Gasteiger partial charge in [0.2, 0.25) is 0 Å². The molecule has 0 unspecified atom stereocenters. The van der Waals surface area contributed by atoms with Crippen LogP contribution in [0.4, 0.5) is 0 Å². The molecule has 3 aromatic rings. The van der Waals surface area contributed by atoms with Crippen molar-refractivity contribution in [1.29, 1.82) is 0 Å². The van der Waals surface area contributed by atoms with Crippen molar-refractivity contribution < 1.29 is 0 Å². The number of hydrogen-bond donors (Lipinski definition) is 0. The van der Waals surface area contributed by atoms with E-state index < -0.39 is 0 Å². The van der Waals surface area contributed by atoms with E-state index in [1.807, 2.05) is 72.8 Å². The van der Waals surface area contributed by atoms with Gasteiger partial charge in [-0.3, -0.25) is 11.8 Å². The summed E-state index contributed by atoms with van der Waals surface area (Å²) in [6.07, 6.45) is 14.7. The van der Waals surface area contributed by atoms with Crippen molar-refractivity contribution in [3.63, 3.8) is 0 Å². The van der Waals surface area contributed by atoms with Crippen LogP contribution in [0.5, 0.6) is 0 Å². The minimum Gasteiger partial charge on any atom is -0.366 e. The first-order valence-electron chi connectivity index (χ1n) is 7.98. The third-order valence-corrected chi connectivity index (χ3v) is 3.71. The molecule has 0 N–H and O–H groups in total. The van der Waals surface area contributed by atoms with Crippen LogP contribution in [0.3, 0.4) is 0 Å². The van der Waals surface area contributed by atoms with Crippen molar-refractivity contribution in [3.8, 4) is 35.5 Å². The van der Waals surface area contributed by atoms with E-state index in [1.165, 1.54) is 0 Å². The molecule has 0 nitrogen and oxygen atoms in total. The summed E-state index contributed by atoms with van der Waals surface area (Å²) in [5, 5.41) is 0. The van der Waals surface area contributed by atoms with Crippen LogP contribution in [0.1, 0.15) is 33.4 Å². The van der Waals surface area contributed by atoms with E-state index in [9.17, 15) is 0 Å². The molecule has 0 fully saturated rings. The van der Waals surface area contributed by atoms with Crippen LogP contribution in [0, 0.1) is 48.4 Å². The molecule has 0 radical (unpaired) electrons. The minimum absolute atomic E-state index is 0.666. The Morgan fingerprint density at radius 3 is 0.885 bits per heavy atom. The smallest absolute Gasteiger partial charge is 0.0405 e. The second-order valence-corrected chi connectivity index (χ2v) is 5.39. The van der Waals surface area contributed by atoms with Gasteiger partial charge in [-0.2, -0.15) is 0 Å². The van der Waals surface area contributed by atoms with Crippen LogP contribution >= 0.6 is 0 Å². The first-order valence-corrected chi connectivity index (χ1v) is 7.98. The Labute approximate surface area is 154 Å². The van der Waals surface area contributed by atoms with Crippen LogP contribution < -0.4 is 0 Å². The molecule has 0 bridgehead atoms. The molecule has 0 aliphatic carbocycles. The Balaban J connectivity index is 2.00. The maximum atomic E-state index is 7.35. The highest BCUT2D eigenvalue weighted by atomic mass is 14.0. The van der Waals surface area contributed by atoms with Crippen molar-refractivity contribution in [1.82, 2.24) is 0 Å². The van der Waals surface area contributed by atoms with Gasteiger partial charge in [-0.15, -0.1) is 23.3 Å². The van der Waals surface area contributed by atoms with E-state index in [0.717, 1.165) is 22.3 Å². The lowest BCUT2D eigenvalue weighted by molar-refractivity contribution is 1.56. The normalized spacial score (nSPS) is 8.85. The third kappa shape index (κ3) is 3.86. The van der Waals surface area contributed by atoms with Crippen molar-refractivity contribution in [2.75, 3.05) is 0 Å². The van der Waals surface area contributed by atoms with Gasteiger partial charge in [-0.05, 0) is 23.3 Å². The Hall–Kier alpha value is -4.10. The van der Waals surface area contributed by atoms with E-state index in [-0.39, 0.29) is 0 Å². The summed E-state index contributed by atoms with van der Waals surface area (Å²) < 4.78 is 0. The molecule has 0 amide bonds. The van der Waals surface area contributed by atoms with Gasteiger partial charge in [-0.25, -0.2) is 0 Å². The summed E-state index contributed by atoms with van der Waals surface area (Å²) >= 11 is 0. The molecule has 0 aliphatic rings. The van der Waals surface area contributed by atoms with Crippen LogP contribution in [0.2, 0.25) is 0 Å². The zero-order valence-electron chi connectivity index (χ0n) is 13.9. The number of hydrogen-bond acceptors (Lipinski definition) is 0. The van der Waals surface area contributed by atoms with Crippen LogP contribution in [0.15, 0.2) is 72.8 Å². The molecule has 0 spiro atoms. The highest BCUT2D eigenvalue weighted by Crippen LogP contribution is 2.10. The minimum atomic E-state index is 0.666. The Bertz CT molecular complexity index is 1060. The molecule has 0 saturated heterocycles. The zero-order chi connectivity index (χ0) is 18.2. The zero-order valence-corrected chi connectivity index (χ0v) is 13.9. The SMILES string of the molecule is [C-]#Cc1ccccc1C#Cc1ccccc1C#Cc1ccccc1C#[C-]. The predicted molar refractivity (Wildman–Crippen MR) is 104 cm³/mol. The molecule has 0 heterocycles. The van der Waals surface area contributed by atoms with E-state index in [1.54, 1.807) is 0 Å². The number of rotatable bonds is 0. The lowest BCUT2D eigenvalue weighted by Crippen LogP contribution is -1.86. The standard InChI is InChI=1S/C26H12/c1-3-21-11-5-7-13-23(21)17-19-25-15-9-10-16-26(25)20-18-24-14-8-6-12-22(24)4-2/h5-16H/q-2. The second-order valence-electron chi connectivity index (χ2n) is 5.39. The molecule has 0 aliphatic heterocycles. The Kier molecular flexibility index (Phi) is 5.24. The molecule has 0 heteroatoms. The van der Waals surface area contributed by atoms with Crippen molar-refractivity contribution in [2.45, 2.75) is 0 Å². The summed E-state index contributed by atoms with van der Waals surface area (Å²) in [6.45, 7) is 0. The first kappa shape index (κ1) is 16.7. The van der Waals surface area contributed by atoms with Gasteiger partial charge in [0, 0.05) is 11.1 Å². The van der Waals surface area contributed by atoms with Gasteiger partial charge in [0.15, 0.2) is 0 Å². The average Bonchev–Trinajstić information content (AvgIpc) is 2.71.